The molecule has 2 heterocycles. The molecule has 1 unspecified atom stereocenters. The highest BCUT2D eigenvalue weighted by Crippen LogP contribution is 2.31. The number of hydrogen-bond acceptors (Lipinski definition) is 6. The fourth-order valence-corrected chi connectivity index (χ4v) is 4.16. The fraction of sp³-hybridized carbons (Fsp3) is 0.600. The Balaban J connectivity index is 2.61. The van der Waals surface area contributed by atoms with Crippen LogP contribution in [0.3, 0.4) is 0 Å². The van der Waals surface area contributed by atoms with Gasteiger partial charge in [-0.2, -0.15) is 0 Å². The van der Waals surface area contributed by atoms with Crippen LogP contribution in [0.5, 0.6) is 0 Å². The van der Waals surface area contributed by atoms with Crippen LogP contribution in [-0.4, -0.2) is 38.8 Å². The number of carbonyl (C=O) groups is 1. The van der Waals surface area contributed by atoms with Crippen molar-refractivity contribution < 1.29 is 17.9 Å². The van der Waals surface area contributed by atoms with Gasteiger partial charge in [-0.15, -0.1) is 0 Å². The van der Waals surface area contributed by atoms with Gasteiger partial charge in [0.1, 0.15) is 5.82 Å². The quantitative estimate of drug-likeness (QED) is 0.839. The highest BCUT2D eigenvalue weighted by Gasteiger charge is 2.29. The molecule has 7 nitrogen and oxygen atoms in total. The van der Waals surface area contributed by atoms with Gasteiger partial charge in [-0.05, 0) is 25.3 Å². The number of ether oxygens (including phenoxy) is 1. The maximum Gasteiger partial charge on any atom is 0.340 e. The summed E-state index contributed by atoms with van der Waals surface area (Å²) in [5.74, 6) is -0.254. The smallest absolute Gasteiger partial charge is 0.340 e. The molecule has 1 aromatic rings. The van der Waals surface area contributed by atoms with E-state index in [4.69, 9.17) is 10.5 Å². The predicted octanol–water partition coefficient (Wildman–Crippen LogP) is 1.89. The Morgan fingerprint density at radius 3 is 2.74 bits per heavy atom. The molecule has 0 aromatic carbocycles. The lowest BCUT2D eigenvalue weighted by Crippen LogP contribution is -2.38. The summed E-state index contributed by atoms with van der Waals surface area (Å²) >= 11 is 0. The van der Waals surface area contributed by atoms with Crippen LogP contribution < -0.4 is 10.0 Å². The van der Waals surface area contributed by atoms with Crippen molar-refractivity contribution in [3.63, 3.8) is 0 Å². The third-order valence-corrected chi connectivity index (χ3v) is 6.01. The van der Waals surface area contributed by atoms with Crippen LogP contribution in [0.4, 0.5) is 11.5 Å². The molecule has 1 saturated heterocycles. The molecular formula is C15H23N3O4S. The molecule has 0 aliphatic carbocycles. The van der Waals surface area contributed by atoms with E-state index in [1.165, 1.54) is 17.5 Å². The van der Waals surface area contributed by atoms with Crippen LogP contribution >= 0.6 is 0 Å². The Morgan fingerprint density at radius 2 is 2.17 bits per heavy atom. The number of nitrogens with zero attached hydrogens (tertiary/aromatic N) is 2. The minimum Gasteiger partial charge on any atom is -0.465 e. The number of esters is 1. The minimum atomic E-state index is -3.41. The van der Waals surface area contributed by atoms with Crippen LogP contribution in [0.1, 0.15) is 55.1 Å². The lowest BCUT2D eigenvalue weighted by molar-refractivity contribution is 0.0601. The Morgan fingerprint density at radius 1 is 1.48 bits per heavy atom. The first-order valence-electron chi connectivity index (χ1n) is 7.71. The molecule has 8 heteroatoms. The number of aromatic nitrogens is 1. The van der Waals surface area contributed by atoms with Gasteiger partial charge in [0.25, 0.3) is 0 Å². The molecule has 128 valence electrons. The second kappa shape index (κ2) is 6.74. The van der Waals surface area contributed by atoms with E-state index in [0.29, 0.717) is 18.7 Å². The van der Waals surface area contributed by atoms with Gasteiger partial charge in [-0.3, -0.25) is 4.31 Å². The largest absolute Gasteiger partial charge is 0.465 e. The van der Waals surface area contributed by atoms with E-state index in [9.17, 15) is 13.2 Å². The van der Waals surface area contributed by atoms with Crippen LogP contribution in [0.25, 0.3) is 0 Å². The third-order valence-electron chi connectivity index (χ3n) is 4.16. The molecule has 1 aromatic heterocycles. The minimum absolute atomic E-state index is 0.00542. The first-order chi connectivity index (χ1) is 10.8. The van der Waals surface area contributed by atoms with Crippen molar-refractivity contribution in [3.05, 3.63) is 17.3 Å². The zero-order valence-electron chi connectivity index (χ0n) is 13.7. The van der Waals surface area contributed by atoms with E-state index in [1.54, 1.807) is 0 Å². The van der Waals surface area contributed by atoms with Crippen molar-refractivity contribution in [2.24, 2.45) is 0 Å². The average Bonchev–Trinajstić information content (AvgIpc) is 2.53. The summed E-state index contributed by atoms with van der Waals surface area (Å²) in [6.07, 6.45) is 2.17. The number of anilines is 2. The summed E-state index contributed by atoms with van der Waals surface area (Å²) in [6, 6.07) is 1.41. The molecule has 0 spiro atoms. The highest BCUT2D eigenvalue weighted by molar-refractivity contribution is 7.92. The molecule has 1 aliphatic heterocycles. The topological polar surface area (TPSA) is 103 Å². The number of rotatable bonds is 4. The number of carbonyl (C=O) groups excluding carboxylic acids is 1. The van der Waals surface area contributed by atoms with Crippen molar-refractivity contribution in [2.75, 3.05) is 29.4 Å². The predicted molar refractivity (Wildman–Crippen MR) is 89.1 cm³/mol. The van der Waals surface area contributed by atoms with Crippen LogP contribution in [-0.2, 0) is 14.8 Å². The van der Waals surface area contributed by atoms with Gasteiger partial charge in [0, 0.05) is 12.5 Å². The summed E-state index contributed by atoms with van der Waals surface area (Å²) < 4.78 is 30.7. The summed E-state index contributed by atoms with van der Waals surface area (Å²) in [5.41, 5.74) is 7.02. The maximum atomic E-state index is 12.3. The monoisotopic (exact) mass is 341 g/mol. The van der Waals surface area contributed by atoms with Crippen molar-refractivity contribution in [2.45, 2.75) is 39.0 Å². The molecule has 1 fully saturated rings. The van der Waals surface area contributed by atoms with Crippen molar-refractivity contribution >= 4 is 27.5 Å². The first kappa shape index (κ1) is 17.5. The van der Waals surface area contributed by atoms with Gasteiger partial charge in [-0.1, -0.05) is 13.8 Å². The molecule has 23 heavy (non-hydrogen) atoms. The Bertz CT molecular complexity index is 703. The summed E-state index contributed by atoms with van der Waals surface area (Å²) in [4.78, 5) is 16.4. The van der Waals surface area contributed by atoms with Crippen LogP contribution in [0, 0.1) is 0 Å². The van der Waals surface area contributed by atoms with E-state index >= 15 is 0 Å². The van der Waals surface area contributed by atoms with Crippen LogP contribution in [0.2, 0.25) is 0 Å². The summed E-state index contributed by atoms with van der Waals surface area (Å²) in [5, 5.41) is 0. The van der Waals surface area contributed by atoms with Gasteiger partial charge >= 0.3 is 5.97 Å². The molecule has 1 atom stereocenters. The van der Waals surface area contributed by atoms with Crippen molar-refractivity contribution in [1.82, 2.24) is 4.98 Å². The standard InChI is InChI=1S/C15H23N3O4S/c1-4-10(2)14-13(16)11(15(19)22-3)9-12(17-14)18-7-5-6-8-23(18,20)21/h9-10H,4-8,16H2,1-3H3. The number of nitrogen functional groups attached to an aromatic ring is 1. The second-order valence-electron chi connectivity index (χ2n) is 5.72. The Labute approximate surface area is 136 Å². The number of sulfonamides is 1. The van der Waals surface area contributed by atoms with Gasteiger partial charge < -0.3 is 10.5 Å². The molecule has 1 aliphatic rings. The number of pyridine rings is 1. The Hall–Kier alpha value is -1.83. The Kier molecular flexibility index (Phi) is 5.13. The number of nitrogens with two attached hydrogens (primary N) is 1. The number of hydrogen-bond donors (Lipinski definition) is 1. The van der Waals surface area contributed by atoms with E-state index in [2.05, 4.69) is 4.98 Å². The zero-order chi connectivity index (χ0) is 17.2. The molecular weight excluding hydrogens is 318 g/mol. The lowest BCUT2D eigenvalue weighted by atomic mass is 10.00. The molecule has 0 radical (unpaired) electrons. The number of methoxy groups -OCH3 is 1. The van der Waals surface area contributed by atoms with Crippen molar-refractivity contribution in [3.8, 4) is 0 Å². The third kappa shape index (κ3) is 3.41. The average molecular weight is 341 g/mol. The summed E-state index contributed by atoms with van der Waals surface area (Å²) in [6.45, 7) is 4.28. The van der Waals surface area contributed by atoms with E-state index in [-0.39, 0.29) is 28.7 Å². The van der Waals surface area contributed by atoms with Crippen LogP contribution in [0.15, 0.2) is 6.07 Å². The molecule has 0 saturated carbocycles. The zero-order valence-corrected chi connectivity index (χ0v) is 14.5. The van der Waals surface area contributed by atoms with Gasteiger partial charge in [0.05, 0.1) is 29.8 Å². The van der Waals surface area contributed by atoms with E-state index in [0.717, 1.165) is 12.8 Å². The molecule has 0 amide bonds. The van der Waals surface area contributed by atoms with E-state index in [1.807, 2.05) is 13.8 Å². The summed E-state index contributed by atoms with van der Waals surface area (Å²) in [7, 11) is -2.14. The first-order valence-corrected chi connectivity index (χ1v) is 9.31. The molecule has 0 bridgehead atoms. The molecule has 2 rings (SSSR count). The fourth-order valence-electron chi connectivity index (χ4n) is 2.58. The van der Waals surface area contributed by atoms with E-state index < -0.39 is 16.0 Å². The SMILES string of the molecule is CCC(C)c1nc(N2CCCCS2(=O)=O)cc(C(=O)OC)c1N. The molecule has 2 N–H and O–H groups in total. The lowest BCUT2D eigenvalue weighted by Gasteiger charge is -2.28. The van der Waals surface area contributed by atoms with Gasteiger partial charge in [0.2, 0.25) is 10.0 Å². The normalized spacial score (nSPS) is 18.5. The van der Waals surface area contributed by atoms with Gasteiger partial charge in [-0.25, -0.2) is 18.2 Å². The van der Waals surface area contributed by atoms with Gasteiger partial charge in [0.15, 0.2) is 0 Å². The second-order valence-corrected chi connectivity index (χ2v) is 7.74. The highest BCUT2D eigenvalue weighted by atomic mass is 32.2. The van der Waals surface area contributed by atoms with Crippen molar-refractivity contribution in [1.29, 1.82) is 0 Å². The maximum absolute atomic E-state index is 12.3.